The molecule has 5 heteroatoms. The standard InChI is InChI=1S/C11H11BrFNO2/c12-10-8(2-1-3-9(10)13)11(15)14-4-6-16-7-5-14/h1-3H,4-7H2. The van der Waals surface area contributed by atoms with Crippen molar-refractivity contribution in [2.24, 2.45) is 0 Å². The zero-order valence-electron chi connectivity index (χ0n) is 8.58. The van der Waals surface area contributed by atoms with E-state index in [1.165, 1.54) is 12.1 Å². The maximum absolute atomic E-state index is 13.3. The van der Waals surface area contributed by atoms with Gasteiger partial charge in [0.15, 0.2) is 0 Å². The molecule has 1 fully saturated rings. The van der Waals surface area contributed by atoms with Crippen molar-refractivity contribution in [3.8, 4) is 0 Å². The van der Waals surface area contributed by atoms with Gasteiger partial charge in [-0.05, 0) is 28.1 Å². The predicted molar refractivity (Wildman–Crippen MR) is 60.8 cm³/mol. The highest BCUT2D eigenvalue weighted by Crippen LogP contribution is 2.22. The van der Waals surface area contributed by atoms with Gasteiger partial charge in [0.1, 0.15) is 5.82 Å². The van der Waals surface area contributed by atoms with E-state index < -0.39 is 5.82 Å². The second-order valence-electron chi connectivity index (χ2n) is 3.51. The fourth-order valence-corrected chi connectivity index (χ4v) is 2.04. The van der Waals surface area contributed by atoms with Gasteiger partial charge in [-0.3, -0.25) is 4.79 Å². The summed E-state index contributed by atoms with van der Waals surface area (Å²) < 4.78 is 18.7. The molecule has 0 N–H and O–H groups in total. The first-order chi connectivity index (χ1) is 7.70. The Labute approximate surface area is 101 Å². The van der Waals surface area contributed by atoms with E-state index in [1.807, 2.05) is 0 Å². The molecule has 0 saturated carbocycles. The van der Waals surface area contributed by atoms with E-state index in [9.17, 15) is 9.18 Å². The minimum Gasteiger partial charge on any atom is -0.378 e. The summed E-state index contributed by atoms with van der Waals surface area (Å²) in [6.45, 7) is 2.20. The van der Waals surface area contributed by atoms with Crippen molar-refractivity contribution in [3.63, 3.8) is 0 Å². The summed E-state index contributed by atoms with van der Waals surface area (Å²) in [4.78, 5) is 13.7. The smallest absolute Gasteiger partial charge is 0.255 e. The Bertz CT molecular complexity index is 405. The molecule has 1 aliphatic heterocycles. The molecule has 3 nitrogen and oxygen atoms in total. The fraction of sp³-hybridized carbons (Fsp3) is 0.364. The molecule has 1 amide bonds. The summed E-state index contributed by atoms with van der Waals surface area (Å²) in [5, 5.41) is 0. The van der Waals surface area contributed by atoms with Crippen molar-refractivity contribution < 1.29 is 13.9 Å². The molecule has 0 aliphatic carbocycles. The molecule has 0 radical (unpaired) electrons. The van der Waals surface area contributed by atoms with Gasteiger partial charge in [-0.2, -0.15) is 0 Å². The Morgan fingerprint density at radius 2 is 2.06 bits per heavy atom. The summed E-state index contributed by atoms with van der Waals surface area (Å²) in [6.07, 6.45) is 0. The van der Waals surface area contributed by atoms with Gasteiger partial charge in [-0.15, -0.1) is 0 Å². The van der Waals surface area contributed by atoms with Crippen molar-refractivity contribution in [3.05, 3.63) is 34.1 Å². The number of carbonyl (C=O) groups is 1. The lowest BCUT2D eigenvalue weighted by atomic mass is 10.2. The van der Waals surface area contributed by atoms with Gasteiger partial charge in [-0.1, -0.05) is 6.07 Å². The normalized spacial score (nSPS) is 16.2. The zero-order valence-corrected chi connectivity index (χ0v) is 10.2. The number of carbonyl (C=O) groups excluding carboxylic acids is 1. The van der Waals surface area contributed by atoms with Crippen LogP contribution in [0, 0.1) is 5.82 Å². The Balaban J connectivity index is 2.22. The molecule has 1 heterocycles. The van der Waals surface area contributed by atoms with Gasteiger partial charge in [-0.25, -0.2) is 4.39 Å². The largest absolute Gasteiger partial charge is 0.378 e. The molecule has 1 aromatic carbocycles. The molecule has 1 saturated heterocycles. The molecule has 2 rings (SSSR count). The minimum atomic E-state index is -0.417. The summed E-state index contributed by atoms with van der Waals surface area (Å²) in [6, 6.07) is 4.47. The summed E-state index contributed by atoms with van der Waals surface area (Å²) in [5.74, 6) is -0.575. The highest BCUT2D eigenvalue weighted by atomic mass is 79.9. The van der Waals surface area contributed by atoms with Crippen LogP contribution in [0.5, 0.6) is 0 Å². The maximum atomic E-state index is 13.3. The maximum Gasteiger partial charge on any atom is 0.255 e. The van der Waals surface area contributed by atoms with Crippen LogP contribution in [0.1, 0.15) is 10.4 Å². The third kappa shape index (κ3) is 2.25. The van der Waals surface area contributed by atoms with Crippen molar-refractivity contribution in [2.45, 2.75) is 0 Å². The van der Waals surface area contributed by atoms with Crippen molar-refractivity contribution in [2.75, 3.05) is 26.3 Å². The SMILES string of the molecule is O=C(c1cccc(F)c1Br)N1CCOCC1. The molecular weight excluding hydrogens is 277 g/mol. The second kappa shape index (κ2) is 4.93. The lowest BCUT2D eigenvalue weighted by molar-refractivity contribution is 0.0302. The van der Waals surface area contributed by atoms with E-state index in [0.29, 0.717) is 31.9 Å². The van der Waals surface area contributed by atoms with Crippen molar-refractivity contribution in [1.29, 1.82) is 0 Å². The highest BCUT2D eigenvalue weighted by Gasteiger charge is 2.21. The average Bonchev–Trinajstić information content (AvgIpc) is 2.33. The van der Waals surface area contributed by atoms with Crippen LogP contribution in [-0.4, -0.2) is 37.1 Å². The van der Waals surface area contributed by atoms with E-state index in [0.717, 1.165) is 0 Å². The molecular formula is C11H11BrFNO2. The molecule has 16 heavy (non-hydrogen) atoms. The monoisotopic (exact) mass is 287 g/mol. The van der Waals surface area contributed by atoms with Crippen LogP contribution >= 0.6 is 15.9 Å². The summed E-state index contributed by atoms with van der Waals surface area (Å²) in [5.41, 5.74) is 0.363. The van der Waals surface area contributed by atoms with Gasteiger partial charge in [0, 0.05) is 13.1 Å². The third-order valence-electron chi connectivity index (χ3n) is 2.48. The number of ether oxygens (including phenoxy) is 1. The van der Waals surface area contributed by atoms with Gasteiger partial charge in [0.25, 0.3) is 5.91 Å². The second-order valence-corrected chi connectivity index (χ2v) is 4.30. The zero-order chi connectivity index (χ0) is 11.5. The fourth-order valence-electron chi connectivity index (χ4n) is 1.61. The van der Waals surface area contributed by atoms with E-state index in [-0.39, 0.29) is 10.4 Å². The van der Waals surface area contributed by atoms with Crippen LogP contribution in [0.2, 0.25) is 0 Å². The summed E-state index contributed by atoms with van der Waals surface area (Å²) >= 11 is 3.09. The first-order valence-electron chi connectivity index (χ1n) is 5.01. The molecule has 1 aliphatic rings. The van der Waals surface area contributed by atoms with Crippen LogP contribution in [0.15, 0.2) is 22.7 Å². The van der Waals surface area contributed by atoms with E-state index in [1.54, 1.807) is 11.0 Å². The first kappa shape index (κ1) is 11.5. The number of benzene rings is 1. The lowest BCUT2D eigenvalue weighted by Gasteiger charge is -2.27. The van der Waals surface area contributed by atoms with Gasteiger partial charge < -0.3 is 9.64 Å². The number of nitrogens with zero attached hydrogens (tertiary/aromatic N) is 1. The van der Waals surface area contributed by atoms with Crippen LogP contribution < -0.4 is 0 Å². The third-order valence-corrected chi connectivity index (χ3v) is 3.29. The van der Waals surface area contributed by atoms with Gasteiger partial charge >= 0.3 is 0 Å². The number of hydrogen-bond donors (Lipinski definition) is 0. The summed E-state index contributed by atoms with van der Waals surface area (Å²) in [7, 11) is 0. The number of rotatable bonds is 1. The molecule has 0 spiro atoms. The van der Waals surface area contributed by atoms with Gasteiger partial charge in [0.05, 0.1) is 23.2 Å². The van der Waals surface area contributed by atoms with Crippen LogP contribution in [0.3, 0.4) is 0 Å². The molecule has 0 unspecified atom stereocenters. The van der Waals surface area contributed by atoms with Crippen LogP contribution in [-0.2, 0) is 4.74 Å². The average molecular weight is 288 g/mol. The van der Waals surface area contributed by atoms with Gasteiger partial charge in [0.2, 0.25) is 0 Å². The topological polar surface area (TPSA) is 29.5 Å². The van der Waals surface area contributed by atoms with Crippen LogP contribution in [0.4, 0.5) is 4.39 Å². The van der Waals surface area contributed by atoms with Crippen molar-refractivity contribution in [1.82, 2.24) is 4.90 Å². The Morgan fingerprint density at radius 1 is 1.38 bits per heavy atom. The number of morpholine rings is 1. The molecule has 0 bridgehead atoms. The quantitative estimate of drug-likeness (QED) is 0.791. The Morgan fingerprint density at radius 3 is 2.75 bits per heavy atom. The minimum absolute atomic E-state index is 0.158. The predicted octanol–water partition coefficient (Wildman–Crippen LogP) is 2.06. The van der Waals surface area contributed by atoms with E-state index in [4.69, 9.17) is 4.74 Å². The Kier molecular flexibility index (Phi) is 3.56. The Hall–Kier alpha value is -0.940. The first-order valence-corrected chi connectivity index (χ1v) is 5.80. The number of amides is 1. The number of halogens is 2. The van der Waals surface area contributed by atoms with Crippen LogP contribution in [0.25, 0.3) is 0 Å². The molecule has 0 atom stereocenters. The molecule has 86 valence electrons. The van der Waals surface area contributed by atoms with E-state index >= 15 is 0 Å². The number of hydrogen-bond acceptors (Lipinski definition) is 2. The molecule has 0 aromatic heterocycles. The lowest BCUT2D eigenvalue weighted by Crippen LogP contribution is -2.40. The molecule has 1 aromatic rings. The van der Waals surface area contributed by atoms with Crippen molar-refractivity contribution >= 4 is 21.8 Å². The van der Waals surface area contributed by atoms with E-state index in [2.05, 4.69) is 15.9 Å². The highest BCUT2D eigenvalue weighted by molar-refractivity contribution is 9.10.